The Kier molecular flexibility index (Phi) is 4.44. The molecule has 0 aliphatic carbocycles. The maximum atomic E-state index is 12.3. The first kappa shape index (κ1) is 15.4. The van der Waals surface area contributed by atoms with Crippen LogP contribution in [0.2, 0.25) is 0 Å². The van der Waals surface area contributed by atoms with Crippen LogP contribution in [0.1, 0.15) is 31.7 Å². The largest absolute Gasteiger partial charge is 0.341 e. The summed E-state index contributed by atoms with van der Waals surface area (Å²) in [6, 6.07) is 0.163. The van der Waals surface area contributed by atoms with Crippen LogP contribution in [0.5, 0.6) is 0 Å². The van der Waals surface area contributed by atoms with Gasteiger partial charge in [-0.1, -0.05) is 0 Å². The van der Waals surface area contributed by atoms with Gasteiger partial charge >= 0.3 is 0 Å². The Labute approximate surface area is 130 Å². The zero-order chi connectivity index (χ0) is 15.6. The third-order valence-corrected chi connectivity index (χ3v) is 6.29. The van der Waals surface area contributed by atoms with E-state index in [9.17, 15) is 13.2 Å². The third kappa shape index (κ3) is 3.30. The number of rotatable bonds is 4. The van der Waals surface area contributed by atoms with E-state index in [2.05, 4.69) is 10.1 Å². The van der Waals surface area contributed by atoms with Crippen LogP contribution < -0.4 is 0 Å². The first-order chi connectivity index (χ1) is 10.6. The Balaban J connectivity index is 1.54. The average Bonchev–Trinajstić information content (AvgIpc) is 3.14. The van der Waals surface area contributed by atoms with E-state index in [-0.39, 0.29) is 24.1 Å². The topological polar surface area (TPSA) is 88.4 Å². The third-order valence-electron chi connectivity index (χ3n) is 4.34. The molecular weight excluding hydrogens is 306 g/mol. The molecule has 1 amide bonds. The smallest absolute Gasteiger partial charge is 0.223 e. The maximum Gasteiger partial charge on any atom is 0.223 e. The van der Waals surface area contributed by atoms with Crippen LogP contribution in [0.15, 0.2) is 12.7 Å². The molecule has 0 spiro atoms. The highest BCUT2D eigenvalue weighted by Gasteiger charge is 2.30. The molecule has 1 aromatic heterocycles. The van der Waals surface area contributed by atoms with Gasteiger partial charge in [0.05, 0.1) is 11.8 Å². The predicted molar refractivity (Wildman–Crippen MR) is 79.5 cm³/mol. The van der Waals surface area contributed by atoms with Gasteiger partial charge in [0.25, 0.3) is 0 Å². The van der Waals surface area contributed by atoms with Gasteiger partial charge in [-0.25, -0.2) is 22.4 Å². The van der Waals surface area contributed by atoms with Gasteiger partial charge in [-0.05, 0) is 19.3 Å². The molecule has 1 atom stereocenters. The Morgan fingerprint density at radius 1 is 1.27 bits per heavy atom. The van der Waals surface area contributed by atoms with E-state index in [0.29, 0.717) is 26.1 Å². The van der Waals surface area contributed by atoms with Gasteiger partial charge in [0, 0.05) is 32.6 Å². The molecule has 0 saturated carbocycles. The van der Waals surface area contributed by atoms with E-state index in [1.54, 1.807) is 11.0 Å². The summed E-state index contributed by atoms with van der Waals surface area (Å²) in [5, 5.41) is 4.14. The van der Waals surface area contributed by atoms with Gasteiger partial charge in [0.15, 0.2) is 0 Å². The van der Waals surface area contributed by atoms with Crippen molar-refractivity contribution in [2.45, 2.75) is 31.7 Å². The van der Waals surface area contributed by atoms with E-state index < -0.39 is 10.0 Å². The van der Waals surface area contributed by atoms with Crippen molar-refractivity contribution in [1.29, 1.82) is 0 Å². The lowest BCUT2D eigenvalue weighted by atomic mass is 10.1. The fraction of sp³-hybridized carbons (Fsp3) is 0.769. The van der Waals surface area contributed by atoms with Crippen molar-refractivity contribution in [1.82, 2.24) is 24.0 Å². The van der Waals surface area contributed by atoms with Crippen LogP contribution in [-0.4, -0.2) is 70.2 Å². The number of sulfonamides is 1. The number of hydrogen-bond acceptors (Lipinski definition) is 5. The lowest BCUT2D eigenvalue weighted by Gasteiger charge is -2.33. The molecule has 22 heavy (non-hydrogen) atoms. The summed E-state index contributed by atoms with van der Waals surface area (Å²) in [5.74, 6) is 0.228. The van der Waals surface area contributed by atoms with Crippen molar-refractivity contribution in [3.8, 4) is 0 Å². The molecule has 0 radical (unpaired) electrons. The van der Waals surface area contributed by atoms with Crippen LogP contribution in [-0.2, 0) is 14.8 Å². The number of carbonyl (C=O) groups excluding carboxylic acids is 1. The molecular formula is C13H21N5O3S. The van der Waals surface area contributed by atoms with Gasteiger partial charge in [0.2, 0.25) is 15.9 Å². The summed E-state index contributed by atoms with van der Waals surface area (Å²) in [6.45, 7) is 2.19. The van der Waals surface area contributed by atoms with Crippen LogP contribution in [0.25, 0.3) is 0 Å². The summed E-state index contributed by atoms with van der Waals surface area (Å²) in [4.78, 5) is 18.1. The number of piperidine rings is 1. The molecule has 2 aliphatic rings. The van der Waals surface area contributed by atoms with Crippen LogP contribution >= 0.6 is 0 Å². The molecule has 3 heterocycles. The quantitative estimate of drug-likeness (QED) is 0.768. The predicted octanol–water partition coefficient (Wildman–Crippen LogP) is -0.133. The lowest BCUT2D eigenvalue weighted by Crippen LogP contribution is -2.42. The molecule has 2 aliphatic heterocycles. The number of amides is 1. The second-order valence-corrected chi connectivity index (χ2v) is 7.92. The van der Waals surface area contributed by atoms with Gasteiger partial charge in [-0.2, -0.15) is 5.10 Å². The number of aromatic nitrogens is 3. The molecule has 3 rings (SSSR count). The molecule has 8 nitrogen and oxygen atoms in total. The van der Waals surface area contributed by atoms with Gasteiger partial charge in [-0.3, -0.25) is 4.79 Å². The Hall–Kier alpha value is -1.48. The minimum atomic E-state index is -3.12. The molecule has 2 fully saturated rings. The zero-order valence-electron chi connectivity index (χ0n) is 12.5. The van der Waals surface area contributed by atoms with E-state index in [1.807, 2.05) is 4.90 Å². The van der Waals surface area contributed by atoms with Crippen molar-refractivity contribution in [3.63, 3.8) is 0 Å². The van der Waals surface area contributed by atoms with Crippen molar-refractivity contribution in [2.24, 2.45) is 0 Å². The summed E-state index contributed by atoms with van der Waals surface area (Å²) < 4.78 is 26.7. The molecule has 0 aromatic carbocycles. The van der Waals surface area contributed by atoms with E-state index in [4.69, 9.17) is 0 Å². The van der Waals surface area contributed by atoms with Crippen LogP contribution in [0, 0.1) is 0 Å². The molecule has 0 bridgehead atoms. The highest BCUT2D eigenvalue weighted by molar-refractivity contribution is 7.89. The highest BCUT2D eigenvalue weighted by Crippen LogP contribution is 2.21. The normalized spacial score (nSPS) is 25.5. The number of nitrogens with zero attached hydrogens (tertiary/aromatic N) is 5. The minimum Gasteiger partial charge on any atom is -0.341 e. The molecule has 122 valence electrons. The second kappa shape index (κ2) is 6.33. The first-order valence-electron chi connectivity index (χ1n) is 7.66. The Bertz CT molecular complexity index is 616. The van der Waals surface area contributed by atoms with Gasteiger partial charge < -0.3 is 4.90 Å². The van der Waals surface area contributed by atoms with Crippen molar-refractivity contribution in [2.75, 3.05) is 31.9 Å². The van der Waals surface area contributed by atoms with E-state index in [0.717, 1.165) is 19.4 Å². The molecule has 0 N–H and O–H groups in total. The molecule has 9 heteroatoms. The number of hydrogen-bond donors (Lipinski definition) is 0. The zero-order valence-corrected chi connectivity index (χ0v) is 13.3. The second-order valence-electron chi connectivity index (χ2n) is 5.83. The maximum absolute atomic E-state index is 12.3. The minimum absolute atomic E-state index is 0.0203. The fourth-order valence-electron chi connectivity index (χ4n) is 3.12. The van der Waals surface area contributed by atoms with Crippen LogP contribution in [0.4, 0.5) is 0 Å². The number of likely N-dealkylation sites (tertiary alicyclic amines) is 1. The van der Waals surface area contributed by atoms with E-state index in [1.165, 1.54) is 10.6 Å². The molecule has 0 unspecified atom stereocenters. The summed E-state index contributed by atoms with van der Waals surface area (Å²) >= 11 is 0. The molecule has 2 saturated heterocycles. The van der Waals surface area contributed by atoms with Crippen molar-refractivity contribution in [3.05, 3.63) is 12.7 Å². The van der Waals surface area contributed by atoms with Crippen molar-refractivity contribution < 1.29 is 13.2 Å². The summed E-state index contributed by atoms with van der Waals surface area (Å²) in [5.41, 5.74) is 0. The Morgan fingerprint density at radius 3 is 2.82 bits per heavy atom. The standard InChI is InChI=1S/C13H21N5O3S/c19-13(4-7-17-6-2-8-22(17,20)21)16-5-1-3-12(9-16)18-11-14-10-15-18/h10-12H,1-9H2/t12-/m0/s1. The Morgan fingerprint density at radius 2 is 2.14 bits per heavy atom. The van der Waals surface area contributed by atoms with E-state index >= 15 is 0 Å². The SMILES string of the molecule is O=C(CCN1CCCS1(=O)=O)N1CCC[C@H](n2cncn2)C1. The summed E-state index contributed by atoms with van der Waals surface area (Å²) in [7, 11) is -3.12. The lowest BCUT2D eigenvalue weighted by molar-refractivity contribution is -0.133. The highest BCUT2D eigenvalue weighted by atomic mass is 32.2. The van der Waals surface area contributed by atoms with Gasteiger partial charge in [-0.15, -0.1) is 0 Å². The first-order valence-corrected chi connectivity index (χ1v) is 9.27. The number of carbonyl (C=O) groups is 1. The van der Waals surface area contributed by atoms with Gasteiger partial charge in [0.1, 0.15) is 12.7 Å². The summed E-state index contributed by atoms with van der Waals surface area (Å²) in [6.07, 6.45) is 6.00. The molecule has 1 aromatic rings. The fourth-order valence-corrected chi connectivity index (χ4v) is 4.65. The van der Waals surface area contributed by atoms with Crippen LogP contribution in [0.3, 0.4) is 0 Å². The average molecular weight is 327 g/mol. The monoisotopic (exact) mass is 327 g/mol. The van der Waals surface area contributed by atoms with Crippen molar-refractivity contribution >= 4 is 15.9 Å².